The second-order valence-corrected chi connectivity index (χ2v) is 22.7. The minimum Gasteiger partial charge on any atom is -0.394 e. The number of rotatable bonds is 44. The third kappa shape index (κ3) is 28.7. The molecule has 15 atom stereocenters. The van der Waals surface area contributed by atoms with Gasteiger partial charge in [0.05, 0.1) is 78.4 Å². The topological polar surface area (TPSA) is 540 Å². The number of ether oxygens (including phenoxy) is 6. The fourth-order valence-electron chi connectivity index (χ4n) is 9.78. The van der Waals surface area contributed by atoms with E-state index in [1.165, 1.54) is 16.7 Å². The Hall–Kier alpha value is -5.66. The summed E-state index contributed by atoms with van der Waals surface area (Å²) in [5.41, 5.74) is 0. The molecule has 4 aliphatic rings. The lowest BCUT2D eigenvalue weighted by atomic mass is 9.99. The molecule has 4 saturated heterocycles. The highest BCUT2D eigenvalue weighted by atomic mass is 16.7. The number of nitrogens with one attached hydrogen (secondary N) is 6. The first kappa shape index (κ1) is 79.8. The summed E-state index contributed by atoms with van der Waals surface area (Å²) in [6, 6.07) is 0. The first-order chi connectivity index (χ1) is 44.3. The number of hydrogen-bond donors (Lipinski definition) is 17. The predicted molar refractivity (Wildman–Crippen MR) is 312 cm³/mol. The zero-order chi connectivity index (χ0) is 68.6. The molecule has 0 spiro atoms. The Morgan fingerprint density at radius 2 is 0.763 bits per heavy atom. The highest BCUT2D eigenvalue weighted by Crippen LogP contribution is 2.25. The molecule has 17 N–H and O–H groups in total. The number of hydroxylamine groups is 2. The highest BCUT2D eigenvalue weighted by Gasteiger charge is 2.46. The molecule has 532 valence electrons. The number of hydrogen-bond acceptors (Lipinski definition) is 30. The van der Waals surface area contributed by atoms with Crippen molar-refractivity contribution in [3.05, 3.63) is 0 Å². The first-order valence-electron chi connectivity index (χ1n) is 31.1. The Bertz CT molecular complexity index is 2290. The maximum absolute atomic E-state index is 13.2. The number of ketones is 1. The zero-order valence-corrected chi connectivity index (χ0v) is 52.1. The predicted octanol–water partition coefficient (Wildman–Crippen LogP) is -9.77. The fraction of sp³-hybridized carbons (Fsp3) is 0.821. The number of carbonyl (C=O) groups is 10. The average molecular weight is 1340 g/mol. The van der Waals surface area contributed by atoms with E-state index >= 15 is 0 Å². The second kappa shape index (κ2) is 42.7. The minimum atomic E-state index is -1.71. The molecule has 0 aromatic heterocycles. The lowest BCUT2D eigenvalue weighted by Crippen LogP contribution is -2.59. The molecule has 8 amide bonds. The number of unbranched alkanes of at least 4 members (excludes halogenated alkanes) is 4. The number of carbonyl (C=O) groups excluding carboxylic acids is 10. The molecule has 0 aliphatic carbocycles. The monoisotopic (exact) mass is 1340 g/mol. The summed E-state index contributed by atoms with van der Waals surface area (Å²) in [4.78, 5) is 134. The Morgan fingerprint density at radius 1 is 0.419 bits per heavy atom. The van der Waals surface area contributed by atoms with Crippen LogP contribution in [0.25, 0.3) is 0 Å². The molecule has 37 heteroatoms. The van der Waals surface area contributed by atoms with Crippen molar-refractivity contribution < 1.29 is 137 Å². The Kier molecular flexibility index (Phi) is 36.6. The highest BCUT2D eigenvalue weighted by molar-refractivity contribution is 6.01. The van der Waals surface area contributed by atoms with Crippen LogP contribution >= 0.6 is 0 Å². The van der Waals surface area contributed by atoms with Gasteiger partial charge in [0.15, 0.2) is 18.9 Å². The van der Waals surface area contributed by atoms with Gasteiger partial charge in [-0.2, -0.15) is 0 Å². The molecule has 4 heterocycles. The van der Waals surface area contributed by atoms with Gasteiger partial charge in [-0.3, -0.25) is 53.0 Å². The summed E-state index contributed by atoms with van der Waals surface area (Å²) in [6.07, 6.45) is -18.0. The summed E-state index contributed by atoms with van der Waals surface area (Å²) < 4.78 is 32.2. The van der Waals surface area contributed by atoms with E-state index in [2.05, 4.69) is 31.9 Å². The first-order valence-corrected chi connectivity index (χ1v) is 31.1. The molecule has 0 unspecified atom stereocenters. The zero-order valence-electron chi connectivity index (χ0n) is 52.1. The Balaban J connectivity index is 1.22. The Labute approximate surface area is 535 Å². The van der Waals surface area contributed by atoms with Crippen molar-refractivity contribution in [2.24, 2.45) is 0 Å². The molecular weight excluding hydrogens is 1250 g/mol. The van der Waals surface area contributed by atoms with Crippen LogP contribution in [0.2, 0.25) is 0 Å². The van der Waals surface area contributed by atoms with Gasteiger partial charge in [-0.25, -0.2) is 4.79 Å². The van der Waals surface area contributed by atoms with Crippen molar-refractivity contribution in [1.82, 2.24) is 46.8 Å². The molecule has 0 radical (unpaired) electrons. The number of amides is 8. The standard InChI is InChI=1S/C56H95N9O28/c1-32-45(78)48(81)51(84)54(90-32)87-21-8-11-33(68)10-4-2-6-15-57-36(69)24-63(25-37(70)58-16-7-3-5-12-44(77)93-65-42(75)13-14-43(65)76)26-38(71)59-17-9-18-60-39(72)27-64(28-40(73)61-19-22-88-55-52(85)49(82)46(79)34(30-66)91-55)29-41(74)62-20-23-89-56-53(86)50(83)47(80)35(31-67)92-56/h32,34-35,45-56,66-67,78-86H,2-31H2,1H3,(H,57,69)(H,58,70)(H,59,71)(H,60,72)(H,61,73)(H,62,74)/t32-,34+,35+,45+,46+,47+,48+,49-,50-,51-,52-,53-,54+,55-,56-/m0/s1. The second-order valence-electron chi connectivity index (χ2n) is 22.7. The molecule has 93 heavy (non-hydrogen) atoms. The maximum Gasteiger partial charge on any atom is 0.333 e. The van der Waals surface area contributed by atoms with E-state index in [-0.39, 0.29) is 116 Å². The van der Waals surface area contributed by atoms with E-state index in [4.69, 9.17) is 33.3 Å². The molecule has 0 saturated carbocycles. The van der Waals surface area contributed by atoms with E-state index in [0.717, 1.165) is 0 Å². The van der Waals surface area contributed by atoms with Gasteiger partial charge < -0.3 is 121 Å². The van der Waals surface area contributed by atoms with Crippen LogP contribution in [0, 0.1) is 0 Å². The normalized spacial score (nSPS) is 27.2. The summed E-state index contributed by atoms with van der Waals surface area (Å²) in [5, 5.41) is 126. The van der Waals surface area contributed by atoms with Crippen molar-refractivity contribution in [1.29, 1.82) is 0 Å². The van der Waals surface area contributed by atoms with Gasteiger partial charge in [0.25, 0.3) is 11.8 Å². The molecule has 4 fully saturated rings. The van der Waals surface area contributed by atoms with Crippen molar-refractivity contribution >= 4 is 59.0 Å². The molecule has 4 rings (SSSR count). The van der Waals surface area contributed by atoms with E-state index < -0.39 is 185 Å². The summed E-state index contributed by atoms with van der Waals surface area (Å²) in [7, 11) is 0. The van der Waals surface area contributed by atoms with E-state index in [9.17, 15) is 104 Å². The van der Waals surface area contributed by atoms with Gasteiger partial charge in [-0.05, 0) is 45.4 Å². The number of nitrogens with zero attached hydrogens (tertiary/aromatic N) is 3. The fourth-order valence-corrected chi connectivity index (χ4v) is 9.78. The van der Waals surface area contributed by atoms with Gasteiger partial charge in [-0.15, -0.1) is 5.06 Å². The third-order valence-electron chi connectivity index (χ3n) is 15.0. The van der Waals surface area contributed by atoms with Gasteiger partial charge >= 0.3 is 5.97 Å². The van der Waals surface area contributed by atoms with Crippen molar-refractivity contribution in [2.45, 2.75) is 183 Å². The van der Waals surface area contributed by atoms with Crippen molar-refractivity contribution in [3.8, 4) is 0 Å². The van der Waals surface area contributed by atoms with Gasteiger partial charge in [0, 0.05) is 71.4 Å². The maximum atomic E-state index is 13.2. The van der Waals surface area contributed by atoms with Crippen LogP contribution in [0.5, 0.6) is 0 Å². The van der Waals surface area contributed by atoms with Crippen LogP contribution in [-0.4, -0.2) is 334 Å². The molecule has 0 aromatic rings. The van der Waals surface area contributed by atoms with Crippen LogP contribution in [0.1, 0.15) is 90.4 Å². The number of aliphatic hydroxyl groups excluding tert-OH is 11. The minimum absolute atomic E-state index is 0.000408. The molecular formula is C56H95N9O28. The lowest BCUT2D eigenvalue weighted by Gasteiger charge is -2.39. The van der Waals surface area contributed by atoms with E-state index in [0.29, 0.717) is 50.0 Å². The molecule has 0 bridgehead atoms. The van der Waals surface area contributed by atoms with Crippen molar-refractivity contribution in [2.75, 3.05) is 112 Å². The van der Waals surface area contributed by atoms with E-state index in [1.54, 1.807) is 0 Å². The molecule has 4 aliphatic heterocycles. The average Bonchev–Trinajstić information content (AvgIpc) is 2.22. The van der Waals surface area contributed by atoms with Gasteiger partial charge in [0.2, 0.25) is 35.4 Å². The lowest BCUT2D eigenvalue weighted by molar-refractivity contribution is -0.300. The summed E-state index contributed by atoms with van der Waals surface area (Å²) >= 11 is 0. The van der Waals surface area contributed by atoms with Crippen molar-refractivity contribution in [3.63, 3.8) is 0 Å². The van der Waals surface area contributed by atoms with Crippen LogP contribution < -0.4 is 31.9 Å². The van der Waals surface area contributed by atoms with Crippen LogP contribution in [0.15, 0.2) is 0 Å². The number of imide groups is 1. The van der Waals surface area contributed by atoms with Crippen LogP contribution in [0.3, 0.4) is 0 Å². The van der Waals surface area contributed by atoms with Crippen LogP contribution in [-0.2, 0) is 81.2 Å². The molecule has 37 nitrogen and oxygen atoms in total. The van der Waals surface area contributed by atoms with Crippen LogP contribution in [0.4, 0.5) is 0 Å². The smallest absolute Gasteiger partial charge is 0.333 e. The third-order valence-corrected chi connectivity index (χ3v) is 15.0. The van der Waals surface area contributed by atoms with Gasteiger partial charge in [0.1, 0.15) is 72.9 Å². The van der Waals surface area contributed by atoms with E-state index in [1.807, 2.05) is 0 Å². The number of aliphatic hydroxyl groups is 11. The Morgan fingerprint density at radius 3 is 1.17 bits per heavy atom. The van der Waals surface area contributed by atoms with Gasteiger partial charge in [-0.1, -0.05) is 12.8 Å². The summed E-state index contributed by atoms with van der Waals surface area (Å²) in [6.45, 7) is -3.21. The quantitative estimate of drug-likeness (QED) is 0.0199. The molecule has 0 aromatic carbocycles. The largest absolute Gasteiger partial charge is 0.394 e. The summed E-state index contributed by atoms with van der Waals surface area (Å²) in [5.74, 6) is -5.68. The number of Topliss-reactive ketones (excluding diaryl/α,β-unsaturated/α-hetero) is 1. The SMILES string of the molecule is C[C@@H]1O[C@@H](OCCCC(=O)CCCCCNC(=O)CN(CC(=O)NCCCCCC(=O)ON2C(=O)CCC2=O)CC(=O)NCCCNC(=O)CN(CC(=O)NCCO[C@H]2O[C@H](CO)[C@@H](O)[C@H](O)[C@@H]2O)CC(=O)NCCO[C@H]2O[C@H](CO)[C@@H](O)[C@H](O)[C@@H]2O)[C@@H](O)[C@H](O)[C@@H]1O.